The molecule has 0 saturated carbocycles. The maximum atomic E-state index is 12.4. The summed E-state index contributed by atoms with van der Waals surface area (Å²) in [6.45, 7) is 2.23. The van der Waals surface area contributed by atoms with Crippen LogP contribution < -0.4 is 4.90 Å². The second kappa shape index (κ2) is 6.04. The van der Waals surface area contributed by atoms with Gasteiger partial charge in [0.2, 0.25) is 0 Å². The van der Waals surface area contributed by atoms with Crippen LogP contribution in [0.15, 0.2) is 48.5 Å². The number of anilines is 1. The zero-order chi connectivity index (χ0) is 15.4. The maximum Gasteiger partial charge on any atom is 0.269 e. The molecule has 108 valence electrons. The van der Waals surface area contributed by atoms with Crippen LogP contribution in [0.5, 0.6) is 5.75 Å². The van der Waals surface area contributed by atoms with Crippen molar-refractivity contribution in [2.24, 2.45) is 0 Å². The van der Waals surface area contributed by atoms with Gasteiger partial charge in [0.05, 0.1) is 4.92 Å². The van der Waals surface area contributed by atoms with E-state index < -0.39 is 4.92 Å². The third kappa shape index (κ3) is 3.17. The van der Waals surface area contributed by atoms with Gasteiger partial charge in [-0.05, 0) is 31.2 Å². The van der Waals surface area contributed by atoms with Crippen LogP contribution in [0, 0.1) is 10.1 Å². The first-order valence-electron chi connectivity index (χ1n) is 6.38. The highest BCUT2D eigenvalue weighted by Crippen LogP contribution is 2.22. The number of carbonyl (C=O) groups excluding carboxylic acids is 1. The Morgan fingerprint density at radius 1 is 1.24 bits per heavy atom. The van der Waals surface area contributed by atoms with Gasteiger partial charge in [-0.15, -0.1) is 0 Å². The predicted molar refractivity (Wildman–Crippen MR) is 78.6 cm³/mol. The van der Waals surface area contributed by atoms with E-state index in [9.17, 15) is 20.0 Å². The fourth-order valence-electron chi connectivity index (χ4n) is 1.99. The molecule has 1 amide bonds. The van der Waals surface area contributed by atoms with Crippen LogP contribution in [0.2, 0.25) is 0 Å². The maximum absolute atomic E-state index is 12.4. The number of carbonyl (C=O) groups is 1. The second-order valence-electron chi connectivity index (χ2n) is 4.37. The third-order valence-corrected chi connectivity index (χ3v) is 3.03. The van der Waals surface area contributed by atoms with Gasteiger partial charge >= 0.3 is 0 Å². The molecule has 6 heteroatoms. The summed E-state index contributed by atoms with van der Waals surface area (Å²) in [6.07, 6.45) is 0. The minimum atomic E-state index is -0.513. The number of aromatic hydroxyl groups is 1. The van der Waals surface area contributed by atoms with Gasteiger partial charge in [0, 0.05) is 36.0 Å². The summed E-state index contributed by atoms with van der Waals surface area (Å²) in [6, 6.07) is 11.8. The summed E-state index contributed by atoms with van der Waals surface area (Å²) >= 11 is 0. The Kier molecular flexibility index (Phi) is 4.18. The standard InChI is InChI=1S/C15H14N2O4/c1-2-16(13-4-3-5-14(18)10-13)15(19)11-6-8-12(9-7-11)17(20)21/h3-10,18H,2H2,1H3. The van der Waals surface area contributed by atoms with E-state index in [4.69, 9.17) is 0 Å². The molecule has 21 heavy (non-hydrogen) atoms. The minimum Gasteiger partial charge on any atom is -0.508 e. The first-order valence-corrected chi connectivity index (χ1v) is 6.38. The van der Waals surface area contributed by atoms with E-state index in [0.29, 0.717) is 17.8 Å². The number of phenolic OH excluding ortho intramolecular Hbond substituents is 1. The molecule has 0 unspecified atom stereocenters. The molecule has 0 radical (unpaired) electrons. The van der Waals surface area contributed by atoms with E-state index in [2.05, 4.69) is 0 Å². The number of amides is 1. The van der Waals surface area contributed by atoms with Gasteiger partial charge in [-0.1, -0.05) is 6.07 Å². The quantitative estimate of drug-likeness (QED) is 0.691. The minimum absolute atomic E-state index is 0.0630. The van der Waals surface area contributed by atoms with Crippen molar-refractivity contribution in [3.8, 4) is 5.75 Å². The number of nitro benzene ring substituents is 1. The van der Waals surface area contributed by atoms with Crippen molar-refractivity contribution in [3.63, 3.8) is 0 Å². The molecular weight excluding hydrogens is 272 g/mol. The number of benzene rings is 2. The highest BCUT2D eigenvalue weighted by Gasteiger charge is 2.17. The summed E-state index contributed by atoms with van der Waals surface area (Å²) in [5, 5.41) is 20.1. The summed E-state index contributed by atoms with van der Waals surface area (Å²) in [5.41, 5.74) is 0.860. The monoisotopic (exact) mass is 286 g/mol. The number of rotatable bonds is 4. The Bertz CT molecular complexity index is 668. The molecule has 0 aliphatic heterocycles. The number of hydrogen-bond donors (Lipinski definition) is 1. The molecule has 0 saturated heterocycles. The van der Waals surface area contributed by atoms with Crippen LogP contribution in [-0.4, -0.2) is 22.5 Å². The molecule has 0 aliphatic carbocycles. The second-order valence-corrected chi connectivity index (χ2v) is 4.37. The van der Waals surface area contributed by atoms with Crippen molar-refractivity contribution in [2.75, 3.05) is 11.4 Å². The Morgan fingerprint density at radius 3 is 2.43 bits per heavy atom. The van der Waals surface area contributed by atoms with Gasteiger partial charge in [-0.25, -0.2) is 0 Å². The Labute approximate surface area is 121 Å². The number of phenols is 1. The first-order chi connectivity index (χ1) is 10.0. The molecule has 1 N–H and O–H groups in total. The highest BCUT2D eigenvalue weighted by molar-refractivity contribution is 6.06. The summed E-state index contributed by atoms with van der Waals surface area (Å²) in [5.74, 6) is -0.208. The fourth-order valence-corrected chi connectivity index (χ4v) is 1.99. The molecule has 0 bridgehead atoms. The van der Waals surface area contributed by atoms with Crippen LogP contribution >= 0.6 is 0 Å². The smallest absolute Gasteiger partial charge is 0.269 e. The van der Waals surface area contributed by atoms with Crippen LogP contribution in [-0.2, 0) is 0 Å². The molecule has 6 nitrogen and oxygen atoms in total. The molecule has 2 aromatic rings. The molecule has 0 aliphatic rings. The average molecular weight is 286 g/mol. The molecule has 0 aromatic heterocycles. The van der Waals surface area contributed by atoms with Gasteiger partial charge in [0.25, 0.3) is 11.6 Å². The van der Waals surface area contributed by atoms with E-state index in [1.165, 1.54) is 41.3 Å². The van der Waals surface area contributed by atoms with Crippen molar-refractivity contribution >= 4 is 17.3 Å². The lowest BCUT2D eigenvalue weighted by atomic mass is 10.1. The number of nitrogens with zero attached hydrogens (tertiary/aromatic N) is 2. The van der Waals surface area contributed by atoms with Crippen molar-refractivity contribution in [2.45, 2.75) is 6.92 Å². The largest absolute Gasteiger partial charge is 0.508 e. The summed E-state index contributed by atoms with van der Waals surface area (Å²) < 4.78 is 0. The van der Waals surface area contributed by atoms with Gasteiger partial charge < -0.3 is 10.0 Å². The Morgan fingerprint density at radius 2 is 1.90 bits per heavy atom. The first kappa shape index (κ1) is 14.5. The molecule has 0 atom stereocenters. The summed E-state index contributed by atoms with van der Waals surface area (Å²) in [7, 11) is 0. The fraction of sp³-hybridized carbons (Fsp3) is 0.133. The van der Waals surface area contributed by atoms with Crippen LogP contribution in [0.3, 0.4) is 0 Å². The Hall–Kier alpha value is -2.89. The number of non-ortho nitro benzene ring substituents is 1. The SMILES string of the molecule is CCN(C(=O)c1ccc([N+](=O)[O-])cc1)c1cccc(O)c1. The van der Waals surface area contributed by atoms with Crippen molar-refractivity contribution in [3.05, 3.63) is 64.2 Å². The third-order valence-electron chi connectivity index (χ3n) is 3.03. The Balaban J connectivity index is 2.30. The highest BCUT2D eigenvalue weighted by atomic mass is 16.6. The molecule has 0 spiro atoms. The molecule has 0 fully saturated rings. The zero-order valence-corrected chi connectivity index (χ0v) is 11.4. The molecular formula is C15H14N2O4. The normalized spacial score (nSPS) is 10.1. The number of nitro groups is 1. The van der Waals surface area contributed by atoms with Gasteiger partial charge in [-0.3, -0.25) is 14.9 Å². The van der Waals surface area contributed by atoms with E-state index in [1.54, 1.807) is 12.1 Å². The van der Waals surface area contributed by atoms with E-state index >= 15 is 0 Å². The van der Waals surface area contributed by atoms with Crippen molar-refractivity contribution in [1.29, 1.82) is 0 Å². The number of hydrogen-bond acceptors (Lipinski definition) is 4. The van der Waals surface area contributed by atoms with Gasteiger partial charge in [0.1, 0.15) is 5.75 Å². The van der Waals surface area contributed by atoms with E-state index in [-0.39, 0.29) is 17.3 Å². The van der Waals surface area contributed by atoms with Gasteiger partial charge in [-0.2, -0.15) is 0 Å². The summed E-state index contributed by atoms with van der Waals surface area (Å²) in [4.78, 5) is 24.0. The van der Waals surface area contributed by atoms with Crippen LogP contribution in [0.25, 0.3) is 0 Å². The van der Waals surface area contributed by atoms with E-state index in [0.717, 1.165) is 0 Å². The zero-order valence-electron chi connectivity index (χ0n) is 11.4. The van der Waals surface area contributed by atoms with Crippen molar-refractivity contribution in [1.82, 2.24) is 0 Å². The lowest BCUT2D eigenvalue weighted by molar-refractivity contribution is -0.384. The van der Waals surface area contributed by atoms with Crippen molar-refractivity contribution < 1.29 is 14.8 Å². The van der Waals surface area contributed by atoms with E-state index in [1.807, 2.05) is 6.92 Å². The van der Waals surface area contributed by atoms with Crippen LogP contribution in [0.4, 0.5) is 11.4 Å². The molecule has 2 rings (SSSR count). The average Bonchev–Trinajstić information content (AvgIpc) is 2.48. The molecule has 0 heterocycles. The lowest BCUT2D eigenvalue weighted by Gasteiger charge is -2.21. The molecule has 2 aromatic carbocycles. The van der Waals surface area contributed by atoms with Crippen LogP contribution in [0.1, 0.15) is 17.3 Å². The lowest BCUT2D eigenvalue weighted by Crippen LogP contribution is -2.30. The topological polar surface area (TPSA) is 83.7 Å². The van der Waals surface area contributed by atoms with Gasteiger partial charge in [0.15, 0.2) is 0 Å². The predicted octanol–water partition coefficient (Wildman–Crippen LogP) is 2.97.